The van der Waals surface area contributed by atoms with Crippen LogP contribution in [0.2, 0.25) is 0 Å². The van der Waals surface area contributed by atoms with Crippen molar-refractivity contribution in [2.75, 3.05) is 29.5 Å². The Balaban J connectivity index is 0.00000192. The molecule has 0 bridgehead atoms. The highest BCUT2D eigenvalue weighted by atomic mass is 35.5. The maximum absolute atomic E-state index is 12.4. The van der Waals surface area contributed by atoms with Gasteiger partial charge in [-0.2, -0.15) is 16.9 Å². The summed E-state index contributed by atoms with van der Waals surface area (Å²) >= 11 is 1.86. The fourth-order valence-electron chi connectivity index (χ4n) is 2.85. The summed E-state index contributed by atoms with van der Waals surface area (Å²) in [4.78, 5) is 26.2. The number of thioether (sulfide) groups is 1. The molecule has 3 heterocycles. The lowest BCUT2D eigenvalue weighted by atomic mass is 10.2. The van der Waals surface area contributed by atoms with Crippen LogP contribution in [-0.4, -0.2) is 58.3 Å². The Morgan fingerprint density at radius 1 is 1.57 bits per heavy atom. The highest BCUT2D eigenvalue weighted by Gasteiger charge is 2.34. The molecule has 0 saturated carbocycles. The number of carbonyl (C=O) groups is 2. The number of carbonyl (C=O) groups excluding carboxylic acids is 2. The summed E-state index contributed by atoms with van der Waals surface area (Å²) < 4.78 is 1.67. The summed E-state index contributed by atoms with van der Waals surface area (Å²) in [6, 6.07) is -0.200. The third kappa shape index (κ3) is 4.39. The molecule has 7 nitrogen and oxygen atoms in total. The van der Waals surface area contributed by atoms with Crippen molar-refractivity contribution in [1.29, 1.82) is 0 Å². The van der Waals surface area contributed by atoms with Crippen molar-refractivity contribution in [2.24, 2.45) is 7.05 Å². The van der Waals surface area contributed by atoms with Gasteiger partial charge in [0.05, 0.1) is 11.9 Å². The highest BCUT2D eigenvalue weighted by Crippen LogP contribution is 2.20. The summed E-state index contributed by atoms with van der Waals surface area (Å²) in [5.41, 5.74) is 0.787. The molecule has 1 aromatic heterocycles. The van der Waals surface area contributed by atoms with Crippen LogP contribution in [0.25, 0.3) is 0 Å². The fourth-order valence-corrected chi connectivity index (χ4v) is 3.79. The first-order valence-corrected chi connectivity index (χ1v) is 8.69. The molecule has 0 aliphatic carbocycles. The van der Waals surface area contributed by atoms with E-state index in [1.165, 1.54) is 0 Å². The van der Waals surface area contributed by atoms with E-state index in [1.54, 1.807) is 15.8 Å². The number of rotatable bonds is 4. The predicted octanol–water partition coefficient (Wildman–Crippen LogP) is 0.159. The maximum atomic E-state index is 12.4. The number of aryl methyl sites for hydroxylation is 1. The van der Waals surface area contributed by atoms with Crippen molar-refractivity contribution < 1.29 is 9.59 Å². The molecular weight excluding hydrogens is 338 g/mol. The van der Waals surface area contributed by atoms with Gasteiger partial charge >= 0.3 is 0 Å². The summed E-state index contributed by atoms with van der Waals surface area (Å²) in [7, 11) is 1.82. The Hall–Kier alpha value is -1.25. The smallest absolute Gasteiger partial charge is 0.249 e. The molecule has 2 saturated heterocycles. The van der Waals surface area contributed by atoms with Gasteiger partial charge in [-0.05, 0) is 6.42 Å². The van der Waals surface area contributed by atoms with Crippen molar-refractivity contribution in [3.63, 3.8) is 0 Å². The van der Waals surface area contributed by atoms with E-state index < -0.39 is 6.04 Å². The maximum Gasteiger partial charge on any atom is 0.249 e. The van der Waals surface area contributed by atoms with Gasteiger partial charge < -0.3 is 15.5 Å². The Labute approximate surface area is 146 Å². The molecule has 3 rings (SSSR count). The molecule has 1 aromatic rings. The van der Waals surface area contributed by atoms with E-state index in [0.29, 0.717) is 19.4 Å². The number of amides is 2. The number of anilines is 1. The van der Waals surface area contributed by atoms with Gasteiger partial charge in [-0.1, -0.05) is 0 Å². The van der Waals surface area contributed by atoms with E-state index >= 15 is 0 Å². The van der Waals surface area contributed by atoms with Crippen LogP contribution in [0.5, 0.6) is 0 Å². The van der Waals surface area contributed by atoms with Crippen LogP contribution >= 0.6 is 24.2 Å². The van der Waals surface area contributed by atoms with Crippen molar-refractivity contribution in [3.8, 4) is 0 Å². The monoisotopic (exact) mass is 359 g/mol. The SMILES string of the molecule is Cl.Cn1cc(N2CCC(NC(=O)CC3CSCCN3)C2=O)cn1. The van der Waals surface area contributed by atoms with Crippen molar-refractivity contribution in [1.82, 2.24) is 20.4 Å². The molecule has 2 unspecified atom stereocenters. The fraction of sp³-hybridized carbons (Fsp3) is 0.643. The first-order chi connectivity index (χ1) is 10.6. The lowest BCUT2D eigenvalue weighted by Crippen LogP contribution is -2.45. The minimum Gasteiger partial charge on any atom is -0.344 e. The van der Waals surface area contributed by atoms with E-state index in [2.05, 4.69) is 15.7 Å². The summed E-state index contributed by atoms with van der Waals surface area (Å²) in [6.45, 7) is 1.56. The Bertz CT molecular complexity index is 561. The molecule has 0 spiro atoms. The zero-order valence-electron chi connectivity index (χ0n) is 13.0. The summed E-state index contributed by atoms with van der Waals surface area (Å²) in [5.74, 6) is 1.95. The van der Waals surface area contributed by atoms with E-state index in [-0.39, 0.29) is 30.3 Å². The van der Waals surface area contributed by atoms with Crippen molar-refractivity contribution in [2.45, 2.75) is 24.9 Å². The average Bonchev–Trinajstić information content (AvgIpc) is 3.07. The van der Waals surface area contributed by atoms with Gasteiger partial charge in [-0.15, -0.1) is 12.4 Å². The normalized spacial score (nSPS) is 24.4. The van der Waals surface area contributed by atoms with Gasteiger partial charge in [-0.3, -0.25) is 14.3 Å². The predicted molar refractivity (Wildman–Crippen MR) is 93.1 cm³/mol. The Kier molecular flexibility index (Phi) is 6.32. The summed E-state index contributed by atoms with van der Waals surface area (Å²) in [6.07, 6.45) is 4.56. The molecule has 128 valence electrons. The zero-order chi connectivity index (χ0) is 15.5. The van der Waals surface area contributed by atoms with Crippen LogP contribution in [-0.2, 0) is 16.6 Å². The van der Waals surface area contributed by atoms with E-state index in [1.807, 2.05) is 25.0 Å². The van der Waals surface area contributed by atoms with E-state index in [0.717, 1.165) is 23.7 Å². The van der Waals surface area contributed by atoms with Crippen LogP contribution in [0.3, 0.4) is 0 Å². The molecule has 2 aliphatic rings. The number of aromatic nitrogens is 2. The first-order valence-electron chi connectivity index (χ1n) is 7.54. The van der Waals surface area contributed by atoms with Crippen LogP contribution in [0, 0.1) is 0 Å². The molecule has 0 radical (unpaired) electrons. The molecular formula is C14H22ClN5O2S. The minimum atomic E-state index is -0.413. The highest BCUT2D eigenvalue weighted by molar-refractivity contribution is 7.99. The first kappa shape index (κ1) is 18.1. The van der Waals surface area contributed by atoms with E-state index in [4.69, 9.17) is 0 Å². The van der Waals surface area contributed by atoms with Gasteiger partial charge in [-0.25, -0.2) is 0 Å². The molecule has 2 fully saturated rings. The van der Waals surface area contributed by atoms with Gasteiger partial charge in [0.2, 0.25) is 11.8 Å². The van der Waals surface area contributed by atoms with Gasteiger partial charge in [0.25, 0.3) is 0 Å². The topological polar surface area (TPSA) is 79.3 Å². The third-order valence-corrected chi connectivity index (χ3v) is 5.10. The van der Waals surface area contributed by atoms with Crippen molar-refractivity contribution in [3.05, 3.63) is 12.4 Å². The lowest BCUT2D eigenvalue weighted by molar-refractivity contribution is -0.126. The van der Waals surface area contributed by atoms with Crippen LogP contribution < -0.4 is 15.5 Å². The number of halogens is 1. The molecule has 2 atom stereocenters. The molecule has 9 heteroatoms. The molecule has 0 aromatic carbocycles. The Morgan fingerprint density at radius 3 is 3.04 bits per heavy atom. The number of nitrogens with one attached hydrogen (secondary N) is 2. The second kappa shape index (κ2) is 8.03. The molecule has 2 N–H and O–H groups in total. The minimum absolute atomic E-state index is 0. The van der Waals surface area contributed by atoms with Gasteiger partial charge in [0.15, 0.2) is 0 Å². The van der Waals surface area contributed by atoms with Crippen LogP contribution in [0.4, 0.5) is 5.69 Å². The van der Waals surface area contributed by atoms with Crippen molar-refractivity contribution >= 4 is 41.7 Å². The Morgan fingerprint density at radius 2 is 2.39 bits per heavy atom. The number of hydrogen-bond donors (Lipinski definition) is 2. The van der Waals surface area contributed by atoms with Gasteiger partial charge in [0.1, 0.15) is 6.04 Å². The van der Waals surface area contributed by atoms with E-state index in [9.17, 15) is 9.59 Å². The quantitative estimate of drug-likeness (QED) is 0.800. The van der Waals surface area contributed by atoms with Gasteiger partial charge in [0, 0.05) is 50.3 Å². The zero-order valence-corrected chi connectivity index (χ0v) is 14.7. The standard InChI is InChI=1S/C14H21N5O2S.ClH/c1-18-8-11(7-16-18)19-4-2-12(14(19)21)17-13(20)6-10-9-22-5-3-15-10;/h7-8,10,12,15H,2-6,9H2,1H3,(H,17,20);1H. The number of hydrogen-bond acceptors (Lipinski definition) is 5. The number of nitrogens with zero attached hydrogens (tertiary/aromatic N) is 3. The largest absolute Gasteiger partial charge is 0.344 e. The third-order valence-electron chi connectivity index (χ3n) is 3.97. The molecule has 23 heavy (non-hydrogen) atoms. The second-order valence-corrected chi connectivity index (χ2v) is 6.85. The van der Waals surface area contributed by atoms with Crippen LogP contribution in [0.15, 0.2) is 12.4 Å². The van der Waals surface area contributed by atoms with Crippen LogP contribution in [0.1, 0.15) is 12.8 Å². The lowest BCUT2D eigenvalue weighted by Gasteiger charge is -2.23. The molecule has 2 amide bonds. The second-order valence-electron chi connectivity index (χ2n) is 5.70. The molecule has 2 aliphatic heterocycles. The summed E-state index contributed by atoms with van der Waals surface area (Å²) in [5, 5.41) is 10.3. The average molecular weight is 360 g/mol.